The molecular weight excluding hydrogens is 319 g/mol. The van der Waals surface area contributed by atoms with Crippen molar-refractivity contribution in [3.05, 3.63) is 48.0 Å². The van der Waals surface area contributed by atoms with Crippen molar-refractivity contribution in [2.75, 3.05) is 19.6 Å². The first kappa shape index (κ1) is 15.9. The maximum atomic E-state index is 13.1. The third-order valence-electron chi connectivity index (χ3n) is 5.01. The second-order valence-corrected chi connectivity index (χ2v) is 6.65. The molecule has 0 bridgehead atoms. The van der Waals surface area contributed by atoms with Gasteiger partial charge in [0.2, 0.25) is 0 Å². The molecule has 4 rings (SSSR count). The maximum Gasteiger partial charge on any atom is 0.256 e. The van der Waals surface area contributed by atoms with E-state index in [2.05, 4.69) is 16.0 Å². The van der Waals surface area contributed by atoms with Crippen LogP contribution in [0.3, 0.4) is 0 Å². The molecule has 1 aliphatic heterocycles. The van der Waals surface area contributed by atoms with Crippen molar-refractivity contribution >= 4 is 5.91 Å². The second-order valence-electron chi connectivity index (χ2n) is 6.65. The first-order valence-electron chi connectivity index (χ1n) is 8.54. The van der Waals surface area contributed by atoms with E-state index >= 15 is 0 Å². The van der Waals surface area contributed by atoms with Crippen molar-refractivity contribution < 1.29 is 9.18 Å². The van der Waals surface area contributed by atoms with E-state index < -0.39 is 0 Å². The highest BCUT2D eigenvalue weighted by atomic mass is 19.1. The third kappa shape index (κ3) is 3.03. The summed E-state index contributed by atoms with van der Waals surface area (Å²) in [5.74, 6) is -0.392. The highest BCUT2D eigenvalue weighted by Gasteiger charge is 2.38. The summed E-state index contributed by atoms with van der Waals surface area (Å²) >= 11 is 0. The van der Waals surface area contributed by atoms with Gasteiger partial charge in [0.05, 0.1) is 11.6 Å². The lowest BCUT2D eigenvalue weighted by Crippen LogP contribution is -2.54. The standard InChI is InChI=1S/C19H19FN4O/c20-14-3-1-13(2-4-14)17-10-22-11-18(17)19(25)23-7-8-24(15-5-6-15)16(9-21)12-23/h1-4,10-11,15-16,22H,5-8,12H2. The number of nitriles is 1. The minimum atomic E-state index is -0.305. The van der Waals surface area contributed by atoms with Gasteiger partial charge in [0, 0.05) is 43.6 Å². The van der Waals surface area contributed by atoms with E-state index in [0.29, 0.717) is 24.7 Å². The number of H-pyrrole nitrogens is 1. The first-order chi connectivity index (χ1) is 12.2. The van der Waals surface area contributed by atoms with Crippen LogP contribution >= 0.6 is 0 Å². The molecule has 5 nitrogen and oxygen atoms in total. The predicted octanol–water partition coefficient (Wildman–Crippen LogP) is 2.63. The minimum absolute atomic E-state index is 0.0868. The molecule has 2 aromatic rings. The Morgan fingerprint density at radius 1 is 1.20 bits per heavy atom. The van der Waals surface area contributed by atoms with Gasteiger partial charge in [-0.25, -0.2) is 4.39 Å². The largest absolute Gasteiger partial charge is 0.366 e. The van der Waals surface area contributed by atoms with Crippen molar-refractivity contribution in [2.45, 2.75) is 24.9 Å². The molecule has 1 unspecified atom stereocenters. The highest BCUT2D eigenvalue weighted by molar-refractivity contribution is 6.00. The number of amides is 1. The van der Waals surface area contributed by atoms with Crippen molar-refractivity contribution in [3.63, 3.8) is 0 Å². The Labute approximate surface area is 145 Å². The van der Waals surface area contributed by atoms with Crippen LogP contribution < -0.4 is 0 Å². The van der Waals surface area contributed by atoms with Crippen LogP contribution in [-0.2, 0) is 0 Å². The Bertz CT molecular complexity index is 819. The van der Waals surface area contributed by atoms with Gasteiger partial charge >= 0.3 is 0 Å². The molecule has 2 heterocycles. The molecule has 0 radical (unpaired) electrons. The number of aromatic amines is 1. The smallest absolute Gasteiger partial charge is 0.256 e. The SMILES string of the molecule is N#CC1CN(C(=O)c2c[nH]cc2-c2ccc(F)cc2)CCN1C1CC1. The molecule has 1 atom stereocenters. The third-order valence-corrected chi connectivity index (χ3v) is 5.01. The van der Waals surface area contributed by atoms with Crippen LogP contribution in [0, 0.1) is 17.1 Å². The fourth-order valence-corrected chi connectivity index (χ4v) is 3.52. The lowest BCUT2D eigenvalue weighted by molar-refractivity contribution is 0.0551. The van der Waals surface area contributed by atoms with Gasteiger partial charge in [-0.2, -0.15) is 5.26 Å². The van der Waals surface area contributed by atoms with Crippen LogP contribution in [-0.4, -0.2) is 52.4 Å². The van der Waals surface area contributed by atoms with Gasteiger partial charge in [0.15, 0.2) is 0 Å². The number of piperazine rings is 1. The Morgan fingerprint density at radius 3 is 2.64 bits per heavy atom. The van der Waals surface area contributed by atoms with Gasteiger partial charge in [0.25, 0.3) is 5.91 Å². The number of halogens is 1. The summed E-state index contributed by atoms with van der Waals surface area (Å²) in [6.07, 6.45) is 5.73. The number of rotatable bonds is 3. The van der Waals surface area contributed by atoms with Crippen LogP contribution in [0.2, 0.25) is 0 Å². The minimum Gasteiger partial charge on any atom is -0.366 e. The number of benzene rings is 1. The van der Waals surface area contributed by atoms with E-state index in [4.69, 9.17) is 0 Å². The number of nitrogens with zero attached hydrogens (tertiary/aromatic N) is 3. The maximum absolute atomic E-state index is 13.1. The number of aromatic nitrogens is 1. The fraction of sp³-hybridized carbons (Fsp3) is 0.368. The Morgan fingerprint density at radius 2 is 1.96 bits per heavy atom. The summed E-state index contributed by atoms with van der Waals surface area (Å²) in [7, 11) is 0. The summed E-state index contributed by atoms with van der Waals surface area (Å²) in [4.78, 5) is 19.9. The predicted molar refractivity (Wildman–Crippen MR) is 91.2 cm³/mol. The summed E-state index contributed by atoms with van der Waals surface area (Å²) in [6.45, 7) is 1.80. The van der Waals surface area contributed by atoms with E-state index in [0.717, 1.165) is 30.5 Å². The molecule has 1 aromatic carbocycles. The number of carbonyl (C=O) groups is 1. The van der Waals surface area contributed by atoms with E-state index in [1.807, 2.05) is 0 Å². The summed E-state index contributed by atoms with van der Waals surface area (Å²) in [5.41, 5.74) is 2.10. The molecule has 1 N–H and O–H groups in total. The van der Waals surface area contributed by atoms with Gasteiger partial charge in [-0.1, -0.05) is 12.1 Å². The molecule has 1 saturated carbocycles. The Balaban J connectivity index is 1.55. The quantitative estimate of drug-likeness (QED) is 0.936. The summed E-state index contributed by atoms with van der Waals surface area (Å²) in [6, 6.07) is 8.72. The van der Waals surface area contributed by atoms with Crippen LogP contribution in [0.4, 0.5) is 4.39 Å². The van der Waals surface area contributed by atoms with Gasteiger partial charge in [0.1, 0.15) is 11.9 Å². The summed E-state index contributed by atoms with van der Waals surface area (Å²) < 4.78 is 13.1. The highest BCUT2D eigenvalue weighted by Crippen LogP contribution is 2.31. The monoisotopic (exact) mass is 338 g/mol. The van der Waals surface area contributed by atoms with Crippen molar-refractivity contribution in [3.8, 4) is 17.2 Å². The average Bonchev–Trinajstić information content (AvgIpc) is 3.37. The molecular formula is C19H19FN4O. The Kier molecular flexibility index (Phi) is 4.02. The zero-order valence-electron chi connectivity index (χ0n) is 13.8. The Hall–Kier alpha value is -2.65. The number of carbonyl (C=O) groups excluding carboxylic acids is 1. The molecule has 1 amide bonds. The van der Waals surface area contributed by atoms with Gasteiger partial charge in [-0.3, -0.25) is 9.69 Å². The van der Waals surface area contributed by atoms with E-state index in [1.54, 1.807) is 29.4 Å². The zero-order chi connectivity index (χ0) is 17.4. The number of nitrogens with one attached hydrogen (secondary N) is 1. The topological polar surface area (TPSA) is 63.1 Å². The lowest BCUT2D eigenvalue weighted by atomic mass is 10.0. The van der Waals surface area contributed by atoms with Crippen LogP contribution in [0.15, 0.2) is 36.7 Å². The van der Waals surface area contributed by atoms with Crippen LogP contribution in [0.1, 0.15) is 23.2 Å². The molecule has 128 valence electrons. The van der Waals surface area contributed by atoms with Crippen molar-refractivity contribution in [1.82, 2.24) is 14.8 Å². The summed E-state index contributed by atoms with van der Waals surface area (Å²) in [5, 5.41) is 9.46. The average molecular weight is 338 g/mol. The molecule has 25 heavy (non-hydrogen) atoms. The normalized spacial score (nSPS) is 21.1. The number of hydrogen-bond donors (Lipinski definition) is 1. The van der Waals surface area contributed by atoms with Crippen molar-refractivity contribution in [1.29, 1.82) is 5.26 Å². The van der Waals surface area contributed by atoms with Gasteiger partial charge < -0.3 is 9.88 Å². The van der Waals surface area contributed by atoms with Crippen LogP contribution in [0.5, 0.6) is 0 Å². The molecule has 2 fully saturated rings. The van der Waals surface area contributed by atoms with Gasteiger partial charge in [-0.15, -0.1) is 0 Å². The molecule has 1 saturated heterocycles. The number of hydrogen-bond acceptors (Lipinski definition) is 3. The van der Waals surface area contributed by atoms with E-state index in [-0.39, 0.29) is 17.8 Å². The van der Waals surface area contributed by atoms with Crippen LogP contribution in [0.25, 0.3) is 11.1 Å². The molecule has 2 aliphatic rings. The second kappa shape index (κ2) is 6.34. The fourth-order valence-electron chi connectivity index (χ4n) is 3.52. The molecule has 1 aliphatic carbocycles. The van der Waals surface area contributed by atoms with Crippen molar-refractivity contribution in [2.24, 2.45) is 0 Å². The lowest BCUT2D eigenvalue weighted by Gasteiger charge is -2.38. The van der Waals surface area contributed by atoms with Gasteiger partial charge in [-0.05, 0) is 30.5 Å². The molecule has 6 heteroatoms. The molecule has 0 spiro atoms. The van der Waals surface area contributed by atoms with E-state index in [9.17, 15) is 14.4 Å². The zero-order valence-corrected chi connectivity index (χ0v) is 13.8. The molecule has 1 aromatic heterocycles. The first-order valence-corrected chi connectivity index (χ1v) is 8.54. The van der Waals surface area contributed by atoms with E-state index in [1.165, 1.54) is 12.1 Å².